The molecule has 3 aliphatic heterocycles. The van der Waals surface area contributed by atoms with Gasteiger partial charge in [-0.25, -0.2) is 13.2 Å². The molecule has 2 saturated heterocycles. The molecule has 0 aromatic heterocycles. The van der Waals surface area contributed by atoms with Gasteiger partial charge in [0.25, 0.3) is 0 Å². The van der Waals surface area contributed by atoms with Crippen LogP contribution < -0.4 is 5.32 Å². The van der Waals surface area contributed by atoms with Crippen LogP contribution in [0, 0.1) is 5.92 Å². The minimum atomic E-state index is -4.12. The van der Waals surface area contributed by atoms with Gasteiger partial charge in [0.15, 0.2) is 15.6 Å². The average Bonchev–Trinajstić information content (AvgIpc) is 2.81. The van der Waals surface area contributed by atoms with Gasteiger partial charge in [-0.2, -0.15) is 0 Å². The number of hydrogen-bond donors (Lipinski definition) is 3. The maximum atomic E-state index is 13.0. The number of β-lactam (4-membered cyclic amide) rings is 1. The number of aliphatic carboxylic acids is 1. The normalized spacial score (nSPS) is 32.7. The highest BCUT2D eigenvalue weighted by Gasteiger charge is 2.73. The largest absolute Gasteiger partial charge is 0.480 e. The van der Waals surface area contributed by atoms with E-state index in [4.69, 9.17) is 0 Å². The number of carbonyl (C=O) groups excluding carboxylic acids is 2. The Bertz CT molecular complexity index is 1020. The molecule has 0 aliphatic carbocycles. The van der Waals surface area contributed by atoms with Crippen molar-refractivity contribution < 1.29 is 33.0 Å². The zero-order valence-electron chi connectivity index (χ0n) is 15.9. The van der Waals surface area contributed by atoms with Crippen molar-refractivity contribution in [3.8, 4) is 0 Å². The molecule has 10 heteroatoms. The van der Waals surface area contributed by atoms with Crippen LogP contribution in [0.4, 0.5) is 0 Å². The van der Waals surface area contributed by atoms with Crippen molar-refractivity contribution >= 4 is 27.5 Å². The summed E-state index contributed by atoms with van der Waals surface area (Å²) in [4.78, 5) is 38.1. The summed E-state index contributed by atoms with van der Waals surface area (Å²) in [6.45, 7) is 2.99. The van der Waals surface area contributed by atoms with E-state index in [2.05, 4.69) is 5.32 Å². The number of sulfone groups is 1. The van der Waals surface area contributed by atoms with Gasteiger partial charge in [-0.05, 0) is 31.4 Å². The first kappa shape index (κ1) is 20.0. The van der Waals surface area contributed by atoms with Crippen LogP contribution in [0.15, 0.2) is 24.3 Å². The molecular formula is C19H22N2O7S. The third-order valence-corrected chi connectivity index (χ3v) is 9.21. The van der Waals surface area contributed by atoms with E-state index in [1.165, 1.54) is 13.8 Å². The van der Waals surface area contributed by atoms with Gasteiger partial charge in [-0.15, -0.1) is 0 Å². The molecule has 29 heavy (non-hydrogen) atoms. The summed E-state index contributed by atoms with van der Waals surface area (Å²) in [6.07, 6.45) is -1.15. The molecule has 9 nitrogen and oxygen atoms in total. The average molecular weight is 422 g/mol. The Balaban J connectivity index is 1.66. The molecule has 0 spiro atoms. The van der Waals surface area contributed by atoms with Crippen molar-refractivity contribution in [1.82, 2.24) is 10.2 Å². The smallest absolute Gasteiger partial charge is 0.328 e. The fraction of sp³-hybridized carbons (Fsp3) is 0.526. The molecule has 1 unspecified atom stereocenters. The minimum absolute atomic E-state index is 0.501. The number of carboxylic acid groups (broad SMARTS) is 1. The lowest BCUT2D eigenvalue weighted by Crippen LogP contribution is -2.68. The van der Waals surface area contributed by atoms with Crippen LogP contribution in [0.3, 0.4) is 0 Å². The Morgan fingerprint density at radius 2 is 1.93 bits per heavy atom. The Labute approximate surface area is 167 Å². The maximum absolute atomic E-state index is 13.0. The van der Waals surface area contributed by atoms with Crippen molar-refractivity contribution in [1.29, 1.82) is 0 Å². The number of fused-ring (bicyclic) bond motifs is 2. The fourth-order valence-corrected chi connectivity index (χ4v) is 7.07. The third kappa shape index (κ3) is 2.52. The summed E-state index contributed by atoms with van der Waals surface area (Å²) >= 11 is 0. The summed E-state index contributed by atoms with van der Waals surface area (Å²) in [6, 6.07) is 4.81. The van der Waals surface area contributed by atoms with Gasteiger partial charge in [0.1, 0.15) is 23.4 Å². The first-order chi connectivity index (χ1) is 13.5. The molecule has 4 rings (SSSR count). The van der Waals surface area contributed by atoms with Crippen LogP contribution in [-0.2, 0) is 30.6 Å². The molecule has 0 saturated carbocycles. The molecule has 0 bridgehead atoms. The number of carbonyl (C=O) groups is 3. The van der Waals surface area contributed by atoms with Crippen LogP contribution in [0.25, 0.3) is 0 Å². The molecule has 3 N–H and O–H groups in total. The van der Waals surface area contributed by atoms with Gasteiger partial charge in [0.05, 0.1) is 10.8 Å². The second-order valence-corrected chi connectivity index (χ2v) is 10.9. The zero-order valence-corrected chi connectivity index (χ0v) is 16.7. The van der Waals surface area contributed by atoms with E-state index in [0.717, 1.165) is 10.5 Å². The number of rotatable bonds is 4. The Morgan fingerprint density at radius 3 is 2.59 bits per heavy atom. The van der Waals surface area contributed by atoms with Crippen molar-refractivity contribution in [2.24, 2.45) is 5.92 Å². The van der Waals surface area contributed by atoms with Crippen LogP contribution in [0.2, 0.25) is 0 Å². The summed E-state index contributed by atoms with van der Waals surface area (Å²) in [5.41, 5.74) is 1.63. The van der Waals surface area contributed by atoms with Crippen molar-refractivity contribution in [2.75, 3.05) is 6.54 Å². The van der Waals surface area contributed by atoms with Crippen molar-refractivity contribution in [2.45, 2.75) is 48.6 Å². The SMILES string of the molecule is CC1(C)[C@H](C(=O)O)N2C(=O)[C@@H]([C@H](O)C(=O)C3NCCc4ccccc43)[C@H]2S1(=O)=O. The number of benzene rings is 1. The van der Waals surface area contributed by atoms with Gasteiger partial charge in [-0.3, -0.25) is 9.59 Å². The zero-order chi connectivity index (χ0) is 21.3. The van der Waals surface area contributed by atoms with Crippen LogP contribution in [-0.4, -0.2) is 70.0 Å². The van der Waals surface area contributed by atoms with E-state index in [1.54, 1.807) is 12.1 Å². The maximum Gasteiger partial charge on any atom is 0.328 e. The lowest BCUT2D eigenvalue weighted by Gasteiger charge is -2.44. The quantitative estimate of drug-likeness (QED) is 0.538. The Kier molecular flexibility index (Phi) is 4.38. The standard InChI is InChI=1S/C19H22N2O7S/c1-19(2)15(18(25)26)21-16(24)11(17(21)29(19,27)28)13(22)14(23)12-10-6-4-3-5-9(10)7-8-20-12/h3-6,11-13,15,17,20,22H,7-8H2,1-2H3,(H,25,26)/t11-,12?,13+,15+,17-/m1/s1. The van der Waals surface area contributed by atoms with Crippen molar-refractivity contribution in [3.05, 3.63) is 35.4 Å². The van der Waals surface area contributed by atoms with Crippen molar-refractivity contribution in [3.63, 3.8) is 0 Å². The van der Waals surface area contributed by atoms with E-state index in [0.29, 0.717) is 18.5 Å². The predicted molar refractivity (Wildman–Crippen MR) is 100 cm³/mol. The highest BCUT2D eigenvalue weighted by molar-refractivity contribution is 7.93. The molecule has 156 valence electrons. The summed E-state index contributed by atoms with van der Waals surface area (Å²) in [5.74, 6) is -4.47. The van der Waals surface area contributed by atoms with Gasteiger partial charge in [-0.1, -0.05) is 24.3 Å². The molecule has 1 aromatic rings. The Morgan fingerprint density at radius 1 is 1.28 bits per heavy atom. The van der Waals surface area contributed by atoms with Gasteiger partial charge < -0.3 is 20.4 Å². The summed E-state index contributed by atoms with van der Waals surface area (Å²) in [7, 11) is -4.12. The summed E-state index contributed by atoms with van der Waals surface area (Å²) in [5, 5.41) is 21.7. The number of nitrogens with one attached hydrogen (secondary N) is 1. The predicted octanol–water partition coefficient (Wildman–Crippen LogP) is -0.752. The van der Waals surface area contributed by atoms with E-state index in [1.807, 2.05) is 12.1 Å². The summed E-state index contributed by atoms with van der Waals surface area (Å²) < 4.78 is 24.2. The van der Waals surface area contributed by atoms with E-state index in [-0.39, 0.29) is 0 Å². The number of hydrogen-bond acceptors (Lipinski definition) is 7. The minimum Gasteiger partial charge on any atom is -0.480 e. The van der Waals surface area contributed by atoms with E-state index in [9.17, 15) is 33.0 Å². The number of aliphatic hydroxyl groups is 1. The second kappa shape index (κ2) is 6.35. The molecule has 3 aliphatic rings. The molecule has 3 heterocycles. The van der Waals surface area contributed by atoms with E-state index >= 15 is 0 Å². The number of amides is 1. The molecular weight excluding hydrogens is 400 g/mol. The van der Waals surface area contributed by atoms with Crippen LogP contribution in [0.1, 0.15) is 31.0 Å². The first-order valence-electron chi connectivity index (χ1n) is 9.33. The number of nitrogens with zero attached hydrogens (tertiary/aromatic N) is 1. The van der Waals surface area contributed by atoms with E-state index < -0.39 is 61.7 Å². The lowest BCUT2D eigenvalue weighted by atomic mass is 9.82. The van der Waals surface area contributed by atoms with Crippen LogP contribution >= 0.6 is 0 Å². The number of ketones is 1. The molecule has 0 radical (unpaired) electrons. The van der Waals surface area contributed by atoms with Gasteiger partial charge in [0, 0.05) is 6.54 Å². The second-order valence-electron chi connectivity index (χ2n) is 8.23. The Hall–Kier alpha value is -2.30. The molecule has 5 atom stereocenters. The monoisotopic (exact) mass is 422 g/mol. The lowest BCUT2D eigenvalue weighted by molar-refractivity contribution is -0.171. The number of Topliss-reactive ketones (excluding diaryl/α,β-unsaturated/α-hetero) is 1. The van der Waals surface area contributed by atoms with Gasteiger partial charge in [0.2, 0.25) is 5.91 Å². The third-order valence-electron chi connectivity index (χ3n) is 6.37. The topological polar surface area (TPSA) is 141 Å². The first-order valence-corrected chi connectivity index (χ1v) is 10.9. The molecule has 1 aromatic carbocycles. The highest BCUT2D eigenvalue weighted by Crippen LogP contribution is 2.50. The molecule has 2 fully saturated rings. The van der Waals surface area contributed by atoms with Gasteiger partial charge >= 0.3 is 5.97 Å². The number of aliphatic hydroxyl groups excluding tert-OH is 1. The fourth-order valence-electron chi connectivity index (χ4n) is 4.74. The highest BCUT2D eigenvalue weighted by atomic mass is 32.2. The molecule has 1 amide bonds. The number of carboxylic acids is 1. The van der Waals surface area contributed by atoms with Crippen LogP contribution in [0.5, 0.6) is 0 Å².